The Kier molecular flexibility index (Phi) is 2.22. The van der Waals surface area contributed by atoms with E-state index in [1.807, 2.05) is 24.4 Å². The van der Waals surface area contributed by atoms with Crippen LogP contribution in [0, 0.1) is 0 Å². The highest BCUT2D eigenvalue weighted by molar-refractivity contribution is 7.10. The molecule has 0 aliphatic carbocycles. The lowest BCUT2D eigenvalue weighted by atomic mass is 10.3. The lowest BCUT2D eigenvalue weighted by molar-refractivity contribution is 0.135. The molecule has 0 aromatic carbocycles. The van der Waals surface area contributed by atoms with E-state index in [1.165, 1.54) is 0 Å². The Hall–Kier alpha value is -0.380. The first-order valence-electron chi connectivity index (χ1n) is 2.77. The van der Waals surface area contributed by atoms with Crippen LogP contribution in [0.4, 0.5) is 0 Å². The lowest BCUT2D eigenvalue weighted by Gasteiger charge is -2.03. The maximum atomic E-state index is 8.46. The number of rotatable bonds is 2. The molecule has 0 aliphatic heterocycles. The smallest absolute Gasteiger partial charge is 0.0633 e. The average molecular weight is 143 g/mol. The second-order valence-electron chi connectivity index (χ2n) is 1.87. The molecule has 1 atom stereocenters. The van der Waals surface area contributed by atoms with Crippen molar-refractivity contribution in [2.75, 3.05) is 0 Å². The Morgan fingerprint density at radius 1 is 1.78 bits per heavy atom. The van der Waals surface area contributed by atoms with E-state index < -0.39 is 0 Å². The van der Waals surface area contributed by atoms with E-state index in [2.05, 4.69) is 5.48 Å². The van der Waals surface area contributed by atoms with Gasteiger partial charge in [0, 0.05) is 4.88 Å². The summed E-state index contributed by atoms with van der Waals surface area (Å²) in [5.41, 5.74) is 2.18. The van der Waals surface area contributed by atoms with Crippen molar-refractivity contribution < 1.29 is 5.21 Å². The third-order valence-electron chi connectivity index (χ3n) is 1.16. The molecule has 0 amide bonds. The first-order chi connectivity index (χ1) is 4.34. The van der Waals surface area contributed by atoms with E-state index in [0.717, 1.165) is 4.88 Å². The molecule has 1 heterocycles. The van der Waals surface area contributed by atoms with Crippen molar-refractivity contribution in [2.45, 2.75) is 13.0 Å². The number of hydrogen-bond donors (Lipinski definition) is 2. The van der Waals surface area contributed by atoms with Gasteiger partial charge in [0.2, 0.25) is 0 Å². The Morgan fingerprint density at radius 3 is 3.00 bits per heavy atom. The molecular formula is C6H9NOS. The van der Waals surface area contributed by atoms with E-state index in [0.29, 0.717) is 0 Å². The van der Waals surface area contributed by atoms with Gasteiger partial charge in [0.25, 0.3) is 0 Å². The van der Waals surface area contributed by atoms with Crippen LogP contribution < -0.4 is 5.48 Å². The zero-order valence-corrected chi connectivity index (χ0v) is 5.98. The first-order valence-corrected chi connectivity index (χ1v) is 3.65. The van der Waals surface area contributed by atoms with E-state index in [4.69, 9.17) is 5.21 Å². The molecule has 50 valence electrons. The van der Waals surface area contributed by atoms with Gasteiger partial charge in [-0.05, 0) is 18.4 Å². The second kappa shape index (κ2) is 2.96. The summed E-state index contributed by atoms with van der Waals surface area (Å²) in [4.78, 5) is 1.15. The van der Waals surface area contributed by atoms with Crippen molar-refractivity contribution in [3.63, 3.8) is 0 Å². The minimum atomic E-state index is 0.0602. The van der Waals surface area contributed by atoms with Gasteiger partial charge in [-0.15, -0.1) is 11.3 Å². The van der Waals surface area contributed by atoms with E-state index in [9.17, 15) is 0 Å². The first kappa shape index (κ1) is 6.74. The molecule has 9 heavy (non-hydrogen) atoms. The molecule has 2 N–H and O–H groups in total. The summed E-state index contributed by atoms with van der Waals surface area (Å²) in [5, 5.41) is 10.5. The highest BCUT2D eigenvalue weighted by Crippen LogP contribution is 2.16. The van der Waals surface area contributed by atoms with Crippen molar-refractivity contribution in [2.24, 2.45) is 0 Å². The molecule has 0 saturated heterocycles. The van der Waals surface area contributed by atoms with Crippen LogP contribution in [0.25, 0.3) is 0 Å². The highest BCUT2D eigenvalue weighted by Gasteiger charge is 2.01. The van der Waals surface area contributed by atoms with Crippen LogP contribution in [0.3, 0.4) is 0 Å². The van der Waals surface area contributed by atoms with E-state index >= 15 is 0 Å². The van der Waals surface area contributed by atoms with Gasteiger partial charge in [0.15, 0.2) is 0 Å². The predicted molar refractivity (Wildman–Crippen MR) is 37.7 cm³/mol. The maximum absolute atomic E-state index is 8.46. The van der Waals surface area contributed by atoms with Crippen LogP contribution in [0.15, 0.2) is 17.5 Å². The van der Waals surface area contributed by atoms with Gasteiger partial charge in [-0.1, -0.05) is 6.07 Å². The summed E-state index contributed by atoms with van der Waals surface area (Å²) >= 11 is 1.63. The Balaban J connectivity index is 2.65. The number of hydroxylamine groups is 1. The van der Waals surface area contributed by atoms with Crippen molar-refractivity contribution in [1.82, 2.24) is 5.48 Å². The second-order valence-corrected chi connectivity index (χ2v) is 2.85. The largest absolute Gasteiger partial charge is 0.316 e. The number of thiophene rings is 1. The predicted octanol–water partition coefficient (Wildman–Crippen LogP) is 1.79. The van der Waals surface area contributed by atoms with Gasteiger partial charge in [-0.2, -0.15) is 5.48 Å². The SMILES string of the molecule is C[C@H](NO)c1cccs1. The van der Waals surface area contributed by atoms with Gasteiger partial charge >= 0.3 is 0 Å². The fraction of sp³-hybridized carbons (Fsp3) is 0.333. The minimum absolute atomic E-state index is 0.0602. The molecule has 0 radical (unpaired) electrons. The molecule has 3 heteroatoms. The minimum Gasteiger partial charge on any atom is -0.316 e. The molecule has 0 unspecified atom stereocenters. The summed E-state index contributed by atoms with van der Waals surface area (Å²) in [6, 6.07) is 4.01. The van der Waals surface area contributed by atoms with Gasteiger partial charge in [0.05, 0.1) is 6.04 Å². The summed E-state index contributed by atoms with van der Waals surface area (Å²) < 4.78 is 0. The Morgan fingerprint density at radius 2 is 2.56 bits per heavy atom. The lowest BCUT2D eigenvalue weighted by Crippen LogP contribution is -2.11. The van der Waals surface area contributed by atoms with Crippen molar-refractivity contribution in [3.8, 4) is 0 Å². The summed E-state index contributed by atoms with van der Waals surface area (Å²) in [7, 11) is 0. The molecule has 0 bridgehead atoms. The third-order valence-corrected chi connectivity index (χ3v) is 2.22. The highest BCUT2D eigenvalue weighted by atomic mass is 32.1. The average Bonchev–Trinajstić information content (AvgIpc) is 2.37. The molecule has 0 fully saturated rings. The summed E-state index contributed by atoms with van der Waals surface area (Å²) in [6.07, 6.45) is 0. The molecule has 0 aliphatic rings. The Labute approximate surface area is 58.1 Å². The van der Waals surface area contributed by atoms with Crippen LogP contribution in [0.5, 0.6) is 0 Å². The quantitative estimate of drug-likeness (QED) is 0.618. The molecule has 1 rings (SSSR count). The number of hydrogen-bond acceptors (Lipinski definition) is 3. The molecule has 2 nitrogen and oxygen atoms in total. The molecule has 0 saturated carbocycles. The maximum Gasteiger partial charge on any atom is 0.0633 e. The molecule has 0 spiro atoms. The van der Waals surface area contributed by atoms with Crippen molar-refractivity contribution in [1.29, 1.82) is 0 Å². The van der Waals surface area contributed by atoms with Gasteiger partial charge in [-0.25, -0.2) is 0 Å². The Bertz CT molecular complexity index is 162. The van der Waals surface area contributed by atoms with Crippen molar-refractivity contribution in [3.05, 3.63) is 22.4 Å². The fourth-order valence-corrected chi connectivity index (χ4v) is 1.33. The van der Waals surface area contributed by atoms with Crippen LogP contribution in [-0.2, 0) is 0 Å². The van der Waals surface area contributed by atoms with E-state index in [-0.39, 0.29) is 6.04 Å². The van der Waals surface area contributed by atoms with Crippen LogP contribution in [0.1, 0.15) is 17.8 Å². The molecular weight excluding hydrogens is 134 g/mol. The number of nitrogens with one attached hydrogen (secondary N) is 1. The van der Waals surface area contributed by atoms with Gasteiger partial charge in [0.1, 0.15) is 0 Å². The standard InChI is InChI=1S/C6H9NOS/c1-5(7-8)6-3-2-4-9-6/h2-5,7-8H,1H3/t5-/m0/s1. The summed E-state index contributed by atoms with van der Waals surface area (Å²) in [5.74, 6) is 0. The normalized spacial score (nSPS) is 13.6. The molecule has 1 aromatic heterocycles. The zero-order valence-electron chi connectivity index (χ0n) is 5.16. The van der Waals surface area contributed by atoms with Crippen LogP contribution in [-0.4, -0.2) is 5.21 Å². The zero-order chi connectivity index (χ0) is 6.69. The van der Waals surface area contributed by atoms with Crippen LogP contribution in [0.2, 0.25) is 0 Å². The third kappa shape index (κ3) is 1.51. The van der Waals surface area contributed by atoms with Gasteiger partial charge in [-0.3, -0.25) is 0 Å². The topological polar surface area (TPSA) is 32.3 Å². The monoisotopic (exact) mass is 143 g/mol. The summed E-state index contributed by atoms with van der Waals surface area (Å²) in [6.45, 7) is 1.91. The van der Waals surface area contributed by atoms with Crippen molar-refractivity contribution >= 4 is 11.3 Å². The fourth-order valence-electron chi connectivity index (χ4n) is 0.601. The van der Waals surface area contributed by atoms with Gasteiger partial charge < -0.3 is 5.21 Å². The molecule has 1 aromatic rings. The van der Waals surface area contributed by atoms with Crippen LogP contribution >= 0.6 is 11.3 Å². The van der Waals surface area contributed by atoms with E-state index in [1.54, 1.807) is 11.3 Å².